The minimum atomic E-state index is -4.32. The maximum Gasteiger partial charge on any atom is 0.416 e. The lowest BCUT2D eigenvalue weighted by molar-refractivity contribution is -0.137. The van der Waals surface area contributed by atoms with Crippen molar-refractivity contribution in [2.24, 2.45) is 4.99 Å². The van der Waals surface area contributed by atoms with Crippen molar-refractivity contribution in [2.45, 2.75) is 32.0 Å². The highest BCUT2D eigenvalue weighted by Crippen LogP contribution is 2.28. The zero-order valence-corrected chi connectivity index (χ0v) is 13.5. The van der Waals surface area contributed by atoms with E-state index in [9.17, 15) is 13.2 Å². The van der Waals surface area contributed by atoms with Crippen LogP contribution in [0.25, 0.3) is 0 Å². The van der Waals surface area contributed by atoms with Crippen LogP contribution < -0.4 is 10.6 Å². The first kappa shape index (κ1) is 17.9. The van der Waals surface area contributed by atoms with Crippen LogP contribution in [0.4, 0.5) is 13.2 Å². The van der Waals surface area contributed by atoms with Gasteiger partial charge in [0.25, 0.3) is 0 Å². The second-order valence-corrected chi connectivity index (χ2v) is 5.36. The molecule has 1 aliphatic rings. The maximum atomic E-state index is 12.5. The van der Waals surface area contributed by atoms with Crippen LogP contribution in [-0.2, 0) is 6.18 Å². The Balaban J connectivity index is 1.92. The average molecular weight is 335 g/mol. The number of nitrogens with one attached hydrogen (secondary N) is 2. The SMILES string of the molecule is CCNC(=NCC#Cc1ccc(C(F)(F)F)cc1)NC1CC=CC1. The van der Waals surface area contributed by atoms with Gasteiger partial charge < -0.3 is 10.6 Å². The first-order valence-electron chi connectivity index (χ1n) is 7.85. The molecule has 0 fully saturated rings. The molecule has 1 aromatic carbocycles. The molecule has 0 atom stereocenters. The van der Waals surface area contributed by atoms with Gasteiger partial charge in [-0.1, -0.05) is 24.0 Å². The van der Waals surface area contributed by atoms with Gasteiger partial charge in [-0.25, -0.2) is 4.99 Å². The first-order valence-corrected chi connectivity index (χ1v) is 7.85. The first-order chi connectivity index (χ1) is 11.5. The van der Waals surface area contributed by atoms with E-state index in [0.29, 0.717) is 17.6 Å². The highest BCUT2D eigenvalue weighted by atomic mass is 19.4. The van der Waals surface area contributed by atoms with Crippen LogP contribution in [0.1, 0.15) is 30.9 Å². The van der Waals surface area contributed by atoms with E-state index in [1.165, 1.54) is 12.1 Å². The molecule has 0 aromatic heterocycles. The molecule has 0 saturated carbocycles. The van der Waals surface area contributed by atoms with Crippen LogP contribution in [0.5, 0.6) is 0 Å². The summed E-state index contributed by atoms with van der Waals surface area (Å²) in [7, 11) is 0. The van der Waals surface area contributed by atoms with Crippen molar-refractivity contribution in [3.8, 4) is 11.8 Å². The Morgan fingerprint density at radius 1 is 1.21 bits per heavy atom. The maximum absolute atomic E-state index is 12.5. The smallest absolute Gasteiger partial charge is 0.357 e. The fraction of sp³-hybridized carbons (Fsp3) is 0.389. The van der Waals surface area contributed by atoms with Crippen molar-refractivity contribution in [3.05, 3.63) is 47.5 Å². The molecule has 3 nitrogen and oxygen atoms in total. The molecule has 0 amide bonds. The van der Waals surface area contributed by atoms with Crippen LogP contribution in [-0.4, -0.2) is 25.1 Å². The van der Waals surface area contributed by atoms with Crippen LogP contribution >= 0.6 is 0 Å². The number of alkyl halides is 3. The molecule has 24 heavy (non-hydrogen) atoms. The number of hydrogen-bond donors (Lipinski definition) is 2. The Bertz CT molecular complexity index is 641. The normalized spacial score (nSPS) is 15.1. The lowest BCUT2D eigenvalue weighted by Crippen LogP contribution is -2.42. The zero-order chi connectivity index (χ0) is 17.4. The van der Waals surface area contributed by atoms with Gasteiger partial charge in [0, 0.05) is 18.2 Å². The molecule has 0 saturated heterocycles. The van der Waals surface area contributed by atoms with Gasteiger partial charge in [-0.2, -0.15) is 13.2 Å². The van der Waals surface area contributed by atoms with Crippen LogP contribution in [0.15, 0.2) is 41.4 Å². The number of rotatable bonds is 3. The van der Waals surface area contributed by atoms with E-state index in [0.717, 1.165) is 31.5 Å². The summed E-state index contributed by atoms with van der Waals surface area (Å²) in [6.45, 7) is 3.01. The molecule has 2 rings (SSSR count). The van der Waals surface area contributed by atoms with Gasteiger partial charge in [-0.05, 0) is 44.0 Å². The van der Waals surface area contributed by atoms with Crippen LogP contribution in [0.3, 0.4) is 0 Å². The number of hydrogen-bond acceptors (Lipinski definition) is 1. The number of guanidine groups is 1. The molecule has 0 heterocycles. The second-order valence-electron chi connectivity index (χ2n) is 5.36. The molecule has 6 heteroatoms. The molecule has 0 radical (unpaired) electrons. The lowest BCUT2D eigenvalue weighted by atomic mass is 10.1. The van der Waals surface area contributed by atoms with Gasteiger partial charge in [0.05, 0.1) is 5.56 Å². The molecule has 2 N–H and O–H groups in total. The summed E-state index contributed by atoms with van der Waals surface area (Å²) in [5, 5.41) is 6.47. The third-order valence-electron chi connectivity index (χ3n) is 3.45. The topological polar surface area (TPSA) is 36.4 Å². The van der Waals surface area contributed by atoms with Gasteiger partial charge in [-0.15, -0.1) is 0 Å². The Morgan fingerprint density at radius 3 is 2.46 bits per heavy atom. The second kappa shape index (κ2) is 8.44. The summed E-state index contributed by atoms with van der Waals surface area (Å²) in [4.78, 5) is 4.36. The highest BCUT2D eigenvalue weighted by Gasteiger charge is 2.29. The standard InChI is InChI=1S/C18H20F3N3/c1-2-22-17(24-16-7-3-4-8-16)23-13-5-6-14-9-11-15(12-10-14)18(19,20)21/h3-4,9-12,16H,2,7-8,13H2,1H3,(H2,22,23,24). The fourth-order valence-electron chi connectivity index (χ4n) is 2.25. The van der Waals surface area contributed by atoms with Crippen molar-refractivity contribution >= 4 is 5.96 Å². The third-order valence-corrected chi connectivity index (χ3v) is 3.45. The van der Waals surface area contributed by atoms with Crippen molar-refractivity contribution in [1.82, 2.24) is 10.6 Å². The van der Waals surface area contributed by atoms with Crippen molar-refractivity contribution < 1.29 is 13.2 Å². The summed E-state index contributed by atoms with van der Waals surface area (Å²) < 4.78 is 37.4. The monoisotopic (exact) mass is 335 g/mol. The number of benzene rings is 1. The predicted octanol–water partition coefficient (Wildman–Crippen LogP) is 3.33. The van der Waals surface area contributed by atoms with Gasteiger partial charge >= 0.3 is 6.18 Å². The van der Waals surface area contributed by atoms with E-state index in [1.807, 2.05) is 6.92 Å². The van der Waals surface area contributed by atoms with Crippen molar-refractivity contribution in [1.29, 1.82) is 0 Å². The summed E-state index contributed by atoms with van der Waals surface area (Å²) in [6.07, 6.45) is 1.89. The largest absolute Gasteiger partial charge is 0.416 e. The minimum absolute atomic E-state index is 0.274. The molecular weight excluding hydrogens is 315 g/mol. The molecule has 128 valence electrons. The van der Waals surface area contributed by atoms with Gasteiger partial charge in [-0.3, -0.25) is 0 Å². The van der Waals surface area contributed by atoms with Crippen molar-refractivity contribution in [2.75, 3.05) is 13.1 Å². The Kier molecular flexibility index (Phi) is 6.30. The Hall–Kier alpha value is -2.42. The van der Waals surface area contributed by atoms with E-state index >= 15 is 0 Å². The van der Waals surface area contributed by atoms with E-state index in [-0.39, 0.29) is 6.54 Å². The van der Waals surface area contributed by atoms with Gasteiger partial charge in [0.2, 0.25) is 0 Å². The van der Waals surface area contributed by atoms with E-state index in [4.69, 9.17) is 0 Å². The molecule has 0 bridgehead atoms. The Labute approximate surface area is 140 Å². The summed E-state index contributed by atoms with van der Waals surface area (Å²) in [5.74, 6) is 6.38. The van der Waals surface area contributed by atoms with Crippen LogP contribution in [0, 0.1) is 11.8 Å². The Morgan fingerprint density at radius 2 is 1.88 bits per heavy atom. The van der Waals surface area contributed by atoms with E-state index in [2.05, 4.69) is 39.6 Å². The van der Waals surface area contributed by atoms with Crippen LogP contribution in [0.2, 0.25) is 0 Å². The quantitative estimate of drug-likeness (QED) is 0.385. The third kappa shape index (κ3) is 5.65. The van der Waals surface area contributed by atoms with Gasteiger partial charge in [0.1, 0.15) is 6.54 Å². The summed E-state index contributed by atoms with van der Waals surface area (Å²) in [6, 6.07) is 5.16. The molecular formula is C18H20F3N3. The molecule has 0 spiro atoms. The number of halogens is 3. The molecule has 1 aliphatic carbocycles. The summed E-state index contributed by atoms with van der Waals surface area (Å²) >= 11 is 0. The number of aliphatic imine (C=N–C) groups is 1. The zero-order valence-electron chi connectivity index (χ0n) is 13.5. The molecule has 0 unspecified atom stereocenters. The van der Waals surface area contributed by atoms with E-state index in [1.54, 1.807) is 0 Å². The highest BCUT2D eigenvalue weighted by molar-refractivity contribution is 5.80. The lowest BCUT2D eigenvalue weighted by Gasteiger charge is -2.16. The van der Waals surface area contributed by atoms with Gasteiger partial charge in [0.15, 0.2) is 5.96 Å². The predicted molar refractivity (Wildman–Crippen MR) is 89.6 cm³/mol. The average Bonchev–Trinajstić information content (AvgIpc) is 3.04. The molecule has 0 aliphatic heterocycles. The molecule has 1 aromatic rings. The minimum Gasteiger partial charge on any atom is -0.357 e. The summed E-state index contributed by atoms with van der Waals surface area (Å²) in [5.41, 5.74) is -0.133. The fourth-order valence-corrected chi connectivity index (χ4v) is 2.25. The van der Waals surface area contributed by atoms with Crippen molar-refractivity contribution in [3.63, 3.8) is 0 Å². The van der Waals surface area contributed by atoms with E-state index < -0.39 is 11.7 Å². The number of nitrogens with zero attached hydrogens (tertiary/aromatic N) is 1.